The van der Waals surface area contributed by atoms with Gasteiger partial charge in [0.25, 0.3) is 0 Å². The topological polar surface area (TPSA) is 110 Å². The van der Waals surface area contributed by atoms with Crippen molar-refractivity contribution >= 4 is 46.9 Å². The molecule has 2 N–H and O–H groups in total. The molecule has 9 nitrogen and oxygen atoms in total. The molecule has 0 saturated carbocycles. The molecule has 0 aromatic carbocycles. The van der Waals surface area contributed by atoms with Crippen molar-refractivity contribution in [3.05, 3.63) is 23.2 Å². The van der Waals surface area contributed by atoms with E-state index in [2.05, 4.69) is 20.5 Å². The van der Waals surface area contributed by atoms with Crippen LogP contribution in [0.1, 0.15) is 13.3 Å². The van der Waals surface area contributed by atoms with E-state index in [9.17, 15) is 14.2 Å². The first-order chi connectivity index (χ1) is 12.5. The molecule has 0 spiro atoms. The molecule has 4 rings (SSSR count). The highest BCUT2D eigenvalue weighted by Gasteiger charge is 2.43. The Morgan fingerprint density at radius 1 is 1.11 bits per heavy atom. The van der Waals surface area contributed by atoms with Crippen LogP contribution in [0.15, 0.2) is 23.2 Å². The van der Waals surface area contributed by atoms with E-state index in [4.69, 9.17) is 21.4 Å². The fourth-order valence-electron chi connectivity index (χ4n) is 2.51. The van der Waals surface area contributed by atoms with Crippen LogP contribution in [0.4, 0.5) is 0 Å². The number of phosphoric ester groups is 1. The minimum Gasteiger partial charge on any atom is -0.365 e. The van der Waals surface area contributed by atoms with Gasteiger partial charge in [0.05, 0.1) is 5.70 Å². The summed E-state index contributed by atoms with van der Waals surface area (Å²) in [7, 11) is -4.48. The molecule has 150 valence electrons. The van der Waals surface area contributed by atoms with Crippen LogP contribution in [0.5, 0.6) is 0 Å². The molecule has 3 saturated heterocycles. The third-order valence-electron chi connectivity index (χ3n) is 4.15. The zero-order valence-corrected chi connectivity index (χ0v) is 17.8. The number of alkyl halides is 2. The van der Waals surface area contributed by atoms with Gasteiger partial charge >= 0.3 is 7.82 Å². The van der Waals surface area contributed by atoms with E-state index >= 15 is 0 Å². The summed E-state index contributed by atoms with van der Waals surface area (Å²) in [6.45, 7) is 7.03. The van der Waals surface area contributed by atoms with Crippen LogP contribution in [-0.2, 0) is 18.7 Å². The average Bonchev–Trinajstić information content (AvgIpc) is 3.39. The van der Waals surface area contributed by atoms with E-state index in [1.807, 2.05) is 14.7 Å². The van der Waals surface area contributed by atoms with E-state index in [1.165, 1.54) is 6.08 Å². The summed E-state index contributed by atoms with van der Waals surface area (Å²) in [5, 5.41) is 0. The third-order valence-corrected chi connectivity index (χ3v) is 6.13. The summed E-state index contributed by atoms with van der Waals surface area (Å²) >= 11 is 8.18. The molecule has 27 heavy (non-hydrogen) atoms. The van der Waals surface area contributed by atoms with Gasteiger partial charge in [0.15, 0.2) is 0 Å². The van der Waals surface area contributed by atoms with Gasteiger partial charge in [-0.15, -0.1) is 0 Å². The van der Waals surface area contributed by atoms with Gasteiger partial charge in [-0.3, -0.25) is 14.1 Å². The number of hydrogen-bond donors (Lipinski definition) is 2. The maximum atomic E-state index is 12.4. The number of Topliss-reactive ketones (excluding diaryl/α,β-unsaturated/α-hetero) is 1. The summed E-state index contributed by atoms with van der Waals surface area (Å²) in [6, 6.07) is 0. The van der Waals surface area contributed by atoms with Crippen molar-refractivity contribution in [1.29, 1.82) is 0 Å². The lowest BCUT2D eigenvalue weighted by atomic mass is 10.0. The summed E-state index contributed by atoms with van der Waals surface area (Å²) in [5.74, 6) is 0.0485. The third kappa shape index (κ3) is 5.56. The summed E-state index contributed by atoms with van der Waals surface area (Å²) in [5.41, 5.74) is 1.89. The number of phosphoric acid groups is 1. The predicted octanol–water partition coefficient (Wildman–Crippen LogP) is 0.974. The van der Waals surface area contributed by atoms with Crippen LogP contribution < -0.4 is 0 Å². The van der Waals surface area contributed by atoms with Crippen LogP contribution in [-0.4, -0.2) is 79.3 Å². The van der Waals surface area contributed by atoms with Crippen molar-refractivity contribution in [3.63, 3.8) is 0 Å². The highest BCUT2D eigenvalue weighted by atomic mass is 79.9. The Kier molecular flexibility index (Phi) is 5.78. The SMILES string of the molecule is CCC(Cl)(Br)OP(=O)(O)O.O=C1C=C(N2CC2)C(=O)C(N2CC2)=C1N1CC1. The molecular formula is C15H20BrClN3O6P. The van der Waals surface area contributed by atoms with Crippen molar-refractivity contribution in [2.24, 2.45) is 0 Å². The van der Waals surface area contributed by atoms with Crippen molar-refractivity contribution in [2.75, 3.05) is 39.3 Å². The van der Waals surface area contributed by atoms with Gasteiger partial charge < -0.3 is 24.5 Å². The lowest BCUT2D eigenvalue weighted by Crippen LogP contribution is -2.29. The van der Waals surface area contributed by atoms with Crippen molar-refractivity contribution in [1.82, 2.24) is 14.7 Å². The average molecular weight is 485 g/mol. The van der Waals surface area contributed by atoms with Crippen LogP contribution in [0, 0.1) is 0 Å². The Hall–Kier alpha value is -0.900. The van der Waals surface area contributed by atoms with Crippen LogP contribution in [0.2, 0.25) is 0 Å². The molecule has 0 bridgehead atoms. The molecule has 1 atom stereocenters. The van der Waals surface area contributed by atoms with Crippen molar-refractivity contribution in [2.45, 2.75) is 17.3 Å². The van der Waals surface area contributed by atoms with Gasteiger partial charge in [-0.2, -0.15) is 0 Å². The lowest BCUT2D eigenvalue weighted by Gasteiger charge is -2.21. The van der Waals surface area contributed by atoms with Gasteiger partial charge in [-0.05, 0) is 22.4 Å². The van der Waals surface area contributed by atoms with E-state index in [1.54, 1.807) is 6.92 Å². The molecule has 0 radical (unpaired) electrons. The first-order valence-electron chi connectivity index (χ1n) is 8.46. The Morgan fingerprint density at radius 2 is 1.59 bits per heavy atom. The Balaban J connectivity index is 0.000000183. The van der Waals surface area contributed by atoms with Crippen LogP contribution in [0.25, 0.3) is 0 Å². The summed E-state index contributed by atoms with van der Waals surface area (Å²) in [6.07, 6.45) is 1.77. The zero-order chi connectivity index (χ0) is 20.0. The fraction of sp³-hybridized carbons (Fsp3) is 0.600. The first kappa shape index (κ1) is 20.8. The quantitative estimate of drug-likeness (QED) is 0.247. The van der Waals surface area contributed by atoms with Gasteiger partial charge in [0.1, 0.15) is 11.4 Å². The minimum absolute atomic E-state index is 0.00546. The monoisotopic (exact) mass is 483 g/mol. The van der Waals surface area contributed by atoms with E-state index < -0.39 is 11.8 Å². The fourth-order valence-corrected chi connectivity index (χ4v) is 3.83. The number of hydrogen-bond acceptors (Lipinski definition) is 7. The molecule has 0 amide bonds. The Labute approximate surface area is 169 Å². The van der Waals surface area contributed by atoms with Gasteiger partial charge in [0, 0.05) is 45.3 Å². The number of nitrogens with zero attached hydrogens (tertiary/aromatic N) is 3. The highest BCUT2D eigenvalue weighted by molar-refractivity contribution is 9.10. The smallest absolute Gasteiger partial charge is 0.365 e. The first-order valence-corrected chi connectivity index (χ1v) is 11.2. The van der Waals surface area contributed by atoms with Crippen LogP contribution >= 0.6 is 35.4 Å². The number of rotatable bonds is 6. The minimum atomic E-state index is -4.48. The molecule has 3 fully saturated rings. The molecule has 0 aromatic heterocycles. The molecule has 1 unspecified atom stereocenters. The number of halogens is 2. The second kappa shape index (κ2) is 7.50. The molecule has 0 aromatic rings. The van der Waals surface area contributed by atoms with Crippen molar-refractivity contribution < 1.29 is 28.5 Å². The number of ketones is 2. The zero-order valence-electron chi connectivity index (χ0n) is 14.6. The molecule has 4 aliphatic rings. The Bertz CT molecular complexity index is 768. The number of allylic oxidation sites excluding steroid dienone is 1. The number of carbonyl (C=O) groups excluding carboxylic acids is 2. The standard InChI is InChI=1S/C12H13N3O2.C3H7BrClO4P/c16-9-7-8(13-1-2-13)12(17)11(15-5-6-15)10(9)14-3-4-14;1-2-3(4,5)9-10(6,7)8/h7H,1-6H2;2H2,1H3,(H2,6,7,8). The van der Waals surface area contributed by atoms with Gasteiger partial charge in [-0.1, -0.05) is 18.5 Å². The summed E-state index contributed by atoms with van der Waals surface area (Å²) in [4.78, 5) is 47.0. The lowest BCUT2D eigenvalue weighted by molar-refractivity contribution is -0.117. The molecule has 3 heterocycles. The maximum Gasteiger partial charge on any atom is 0.471 e. The second-order valence-corrected chi connectivity index (χ2v) is 9.97. The Morgan fingerprint density at radius 3 is 1.96 bits per heavy atom. The van der Waals surface area contributed by atoms with Crippen molar-refractivity contribution in [3.8, 4) is 0 Å². The molecular weight excluding hydrogens is 465 g/mol. The second-order valence-electron chi connectivity index (χ2n) is 6.45. The van der Waals surface area contributed by atoms with Crippen LogP contribution in [0.3, 0.4) is 0 Å². The van der Waals surface area contributed by atoms with E-state index in [0.29, 0.717) is 17.1 Å². The highest BCUT2D eigenvalue weighted by Crippen LogP contribution is 2.47. The molecule has 3 aliphatic heterocycles. The number of carbonyl (C=O) groups is 2. The van der Waals surface area contributed by atoms with E-state index in [-0.39, 0.29) is 18.0 Å². The van der Waals surface area contributed by atoms with Gasteiger partial charge in [-0.25, -0.2) is 4.57 Å². The maximum absolute atomic E-state index is 12.4. The molecule has 12 heteroatoms. The largest absolute Gasteiger partial charge is 0.471 e. The summed E-state index contributed by atoms with van der Waals surface area (Å²) < 4.78 is 12.8. The molecule has 1 aliphatic carbocycles. The predicted molar refractivity (Wildman–Crippen MR) is 101 cm³/mol. The normalized spacial score (nSPS) is 23.6. The van der Waals surface area contributed by atoms with E-state index in [0.717, 1.165) is 39.3 Å². The van der Waals surface area contributed by atoms with Gasteiger partial charge in [0.2, 0.25) is 15.5 Å².